The van der Waals surface area contributed by atoms with Crippen LogP contribution in [0.25, 0.3) is 10.9 Å². The van der Waals surface area contributed by atoms with E-state index in [9.17, 15) is 4.79 Å². The summed E-state index contributed by atoms with van der Waals surface area (Å²) in [5.41, 5.74) is 1.67. The predicted octanol–water partition coefficient (Wildman–Crippen LogP) is 2.56. The van der Waals surface area contributed by atoms with Gasteiger partial charge in [0.25, 0.3) is 0 Å². The van der Waals surface area contributed by atoms with Crippen LogP contribution in [0.2, 0.25) is 0 Å². The summed E-state index contributed by atoms with van der Waals surface area (Å²) in [6.45, 7) is 0. The molecule has 14 heavy (non-hydrogen) atoms. The van der Waals surface area contributed by atoms with E-state index in [-0.39, 0.29) is 6.42 Å². The zero-order valence-electron chi connectivity index (χ0n) is 7.25. The van der Waals surface area contributed by atoms with Gasteiger partial charge in [-0.15, -0.1) is 0 Å². The number of carboxylic acids is 1. The highest BCUT2D eigenvalue weighted by molar-refractivity contribution is 9.10. The molecule has 0 aliphatic heterocycles. The molecule has 0 bridgehead atoms. The van der Waals surface area contributed by atoms with E-state index in [1.54, 1.807) is 0 Å². The zero-order chi connectivity index (χ0) is 10.1. The number of aromatic amines is 1. The van der Waals surface area contributed by atoms with Crippen LogP contribution in [0, 0.1) is 0 Å². The van der Waals surface area contributed by atoms with E-state index in [0.717, 1.165) is 21.1 Å². The Kier molecular flexibility index (Phi) is 2.29. The Bertz CT molecular complexity index is 490. The van der Waals surface area contributed by atoms with Crippen LogP contribution in [-0.4, -0.2) is 16.1 Å². The summed E-state index contributed by atoms with van der Waals surface area (Å²) in [4.78, 5) is 13.6. The molecule has 0 unspecified atom stereocenters. The second-order valence-corrected chi connectivity index (χ2v) is 3.92. The maximum Gasteiger partial charge on any atom is 0.309 e. The molecule has 0 saturated heterocycles. The summed E-state index contributed by atoms with van der Waals surface area (Å²) in [6.07, 6.45) is 0.0289. The highest BCUT2D eigenvalue weighted by Gasteiger charge is 2.06. The molecule has 3 nitrogen and oxygen atoms in total. The van der Waals surface area contributed by atoms with Gasteiger partial charge in [0.2, 0.25) is 0 Å². The van der Waals surface area contributed by atoms with Gasteiger partial charge < -0.3 is 10.1 Å². The van der Waals surface area contributed by atoms with Crippen LogP contribution >= 0.6 is 15.9 Å². The minimum atomic E-state index is -0.826. The van der Waals surface area contributed by atoms with Gasteiger partial charge in [0.15, 0.2) is 0 Å². The minimum absolute atomic E-state index is 0.0289. The summed E-state index contributed by atoms with van der Waals surface area (Å²) >= 11 is 3.40. The number of aliphatic carboxylic acids is 1. The van der Waals surface area contributed by atoms with E-state index < -0.39 is 5.97 Å². The van der Waals surface area contributed by atoms with Crippen molar-refractivity contribution in [2.24, 2.45) is 0 Å². The molecule has 0 amide bonds. The minimum Gasteiger partial charge on any atom is -0.481 e. The number of carboxylic acid groups (broad SMARTS) is 1. The standard InChI is InChI=1S/C10H8BrNO2/c11-8-3-1-2-6-4-7(5-9(13)14)12-10(6)8/h1-4,12H,5H2,(H,13,14). The molecule has 0 saturated carbocycles. The molecular formula is C10H8BrNO2. The normalized spacial score (nSPS) is 10.6. The van der Waals surface area contributed by atoms with Gasteiger partial charge in [-0.05, 0) is 28.1 Å². The molecule has 2 rings (SSSR count). The lowest BCUT2D eigenvalue weighted by Gasteiger charge is -1.92. The van der Waals surface area contributed by atoms with Crippen LogP contribution in [0.3, 0.4) is 0 Å². The van der Waals surface area contributed by atoms with Crippen LogP contribution in [-0.2, 0) is 11.2 Å². The molecule has 72 valence electrons. The van der Waals surface area contributed by atoms with E-state index in [1.165, 1.54) is 0 Å². The van der Waals surface area contributed by atoms with Gasteiger partial charge in [-0.3, -0.25) is 4.79 Å². The molecular weight excluding hydrogens is 246 g/mol. The van der Waals surface area contributed by atoms with Crippen molar-refractivity contribution >= 4 is 32.8 Å². The highest BCUT2D eigenvalue weighted by atomic mass is 79.9. The number of nitrogens with one attached hydrogen (secondary N) is 1. The first kappa shape index (κ1) is 9.27. The predicted molar refractivity (Wildman–Crippen MR) is 57.3 cm³/mol. The summed E-state index contributed by atoms with van der Waals surface area (Å²) in [5.74, 6) is -0.826. The van der Waals surface area contributed by atoms with Gasteiger partial charge in [0, 0.05) is 15.6 Å². The Morgan fingerprint density at radius 2 is 2.29 bits per heavy atom. The number of benzene rings is 1. The van der Waals surface area contributed by atoms with Crippen molar-refractivity contribution in [3.05, 3.63) is 34.4 Å². The van der Waals surface area contributed by atoms with Crippen LogP contribution in [0.1, 0.15) is 5.69 Å². The highest BCUT2D eigenvalue weighted by Crippen LogP contribution is 2.23. The Labute approximate surface area is 88.9 Å². The van der Waals surface area contributed by atoms with Crippen LogP contribution in [0.5, 0.6) is 0 Å². The van der Waals surface area contributed by atoms with Crippen molar-refractivity contribution in [3.63, 3.8) is 0 Å². The Morgan fingerprint density at radius 1 is 1.50 bits per heavy atom. The quantitative estimate of drug-likeness (QED) is 0.865. The zero-order valence-corrected chi connectivity index (χ0v) is 8.84. The van der Waals surface area contributed by atoms with Crippen LogP contribution < -0.4 is 0 Å². The van der Waals surface area contributed by atoms with Crippen molar-refractivity contribution in [1.29, 1.82) is 0 Å². The van der Waals surface area contributed by atoms with Gasteiger partial charge >= 0.3 is 5.97 Å². The van der Waals surface area contributed by atoms with Crippen molar-refractivity contribution in [3.8, 4) is 0 Å². The molecule has 2 N–H and O–H groups in total. The first-order chi connectivity index (χ1) is 6.66. The number of hydrogen-bond acceptors (Lipinski definition) is 1. The Hall–Kier alpha value is -1.29. The largest absolute Gasteiger partial charge is 0.481 e. The van der Waals surface area contributed by atoms with E-state index in [1.807, 2.05) is 24.3 Å². The summed E-state index contributed by atoms with van der Waals surface area (Å²) in [5, 5.41) is 9.65. The van der Waals surface area contributed by atoms with Crippen molar-refractivity contribution in [2.45, 2.75) is 6.42 Å². The number of halogens is 1. The molecule has 1 aromatic heterocycles. The molecule has 1 aromatic carbocycles. The van der Waals surface area contributed by atoms with Gasteiger partial charge in [-0.1, -0.05) is 12.1 Å². The smallest absolute Gasteiger partial charge is 0.309 e. The monoisotopic (exact) mass is 253 g/mol. The lowest BCUT2D eigenvalue weighted by Crippen LogP contribution is -1.99. The summed E-state index contributed by atoms with van der Waals surface area (Å²) in [6, 6.07) is 7.64. The average molecular weight is 254 g/mol. The molecule has 0 radical (unpaired) electrons. The third-order valence-corrected chi connectivity index (χ3v) is 2.66. The summed E-state index contributed by atoms with van der Waals surface area (Å²) in [7, 11) is 0. The van der Waals surface area contributed by atoms with Gasteiger partial charge in [-0.2, -0.15) is 0 Å². The first-order valence-corrected chi connectivity index (χ1v) is 4.94. The fourth-order valence-electron chi connectivity index (χ4n) is 1.44. The van der Waals surface area contributed by atoms with E-state index >= 15 is 0 Å². The van der Waals surface area contributed by atoms with E-state index in [0.29, 0.717) is 0 Å². The maximum atomic E-state index is 10.5. The molecule has 0 aliphatic carbocycles. The lowest BCUT2D eigenvalue weighted by molar-refractivity contribution is -0.136. The molecule has 1 heterocycles. The van der Waals surface area contributed by atoms with Gasteiger partial charge in [-0.25, -0.2) is 0 Å². The number of carbonyl (C=O) groups is 1. The van der Waals surface area contributed by atoms with Crippen molar-refractivity contribution in [1.82, 2.24) is 4.98 Å². The third kappa shape index (κ3) is 1.65. The second-order valence-electron chi connectivity index (χ2n) is 3.07. The molecule has 0 spiro atoms. The molecule has 0 fully saturated rings. The topological polar surface area (TPSA) is 53.1 Å². The number of hydrogen-bond donors (Lipinski definition) is 2. The molecule has 2 aromatic rings. The fourth-order valence-corrected chi connectivity index (χ4v) is 1.92. The SMILES string of the molecule is O=C(O)Cc1cc2cccc(Br)c2[nH]1. The summed E-state index contributed by atoms with van der Waals surface area (Å²) < 4.78 is 0.951. The molecule has 0 aliphatic rings. The fraction of sp³-hybridized carbons (Fsp3) is 0.100. The Morgan fingerprint density at radius 3 is 2.93 bits per heavy atom. The second kappa shape index (κ2) is 3.46. The number of aromatic nitrogens is 1. The van der Waals surface area contributed by atoms with Crippen LogP contribution in [0.4, 0.5) is 0 Å². The number of fused-ring (bicyclic) bond motifs is 1. The molecule has 0 atom stereocenters. The van der Waals surface area contributed by atoms with Gasteiger partial charge in [0.1, 0.15) is 0 Å². The number of rotatable bonds is 2. The maximum absolute atomic E-state index is 10.5. The van der Waals surface area contributed by atoms with Crippen molar-refractivity contribution < 1.29 is 9.90 Å². The number of H-pyrrole nitrogens is 1. The molecule has 4 heteroatoms. The van der Waals surface area contributed by atoms with Gasteiger partial charge in [0.05, 0.1) is 11.9 Å². The Balaban J connectivity index is 2.51. The number of para-hydroxylation sites is 1. The third-order valence-electron chi connectivity index (χ3n) is 2.00. The lowest BCUT2D eigenvalue weighted by atomic mass is 10.2. The first-order valence-electron chi connectivity index (χ1n) is 4.15. The van der Waals surface area contributed by atoms with E-state index in [2.05, 4.69) is 20.9 Å². The van der Waals surface area contributed by atoms with Crippen LogP contribution in [0.15, 0.2) is 28.7 Å². The van der Waals surface area contributed by atoms with E-state index in [4.69, 9.17) is 5.11 Å². The average Bonchev–Trinajstić information content (AvgIpc) is 2.47. The van der Waals surface area contributed by atoms with Crippen molar-refractivity contribution in [2.75, 3.05) is 0 Å².